The van der Waals surface area contributed by atoms with E-state index in [9.17, 15) is 39.5 Å². The second-order valence-corrected chi connectivity index (χ2v) is 7.73. The van der Waals surface area contributed by atoms with Crippen LogP contribution in [0.1, 0.15) is 46.0 Å². The largest absolute Gasteiger partial charge is 0.478 e. The number of carbonyl (C=O) groups is 4. The normalized spacial score (nSPS) is 15.1. The number of nitro benzene ring substituents is 1. The van der Waals surface area contributed by atoms with E-state index in [2.05, 4.69) is 10.6 Å². The van der Waals surface area contributed by atoms with Gasteiger partial charge in [-0.05, 0) is 31.5 Å². The van der Waals surface area contributed by atoms with Crippen molar-refractivity contribution in [1.29, 1.82) is 0 Å². The van der Waals surface area contributed by atoms with Gasteiger partial charge in [0.05, 0.1) is 33.1 Å². The van der Waals surface area contributed by atoms with E-state index in [4.69, 9.17) is 4.74 Å². The molecule has 3 rings (SSSR count). The molecule has 1 aliphatic rings. The standard InChI is InChI=1S/C24H21N3O9/c1-12-18(23(31)32)20(14-6-5-7-15(10-14)27(34)35)19(13(2)26-12)24(33)36-11-25-21(28)16-8-3-4-9-17(16)22(29)30/h3-10,20,26H,11H2,1-2H3,(H,25,28)(H,29,30)(H,31,32)/t20-/m1/s1. The number of dihydropyridines is 1. The number of rotatable bonds is 8. The maximum absolute atomic E-state index is 13.1. The number of aliphatic carboxylic acids is 1. The van der Waals surface area contributed by atoms with E-state index in [-0.39, 0.29) is 44.9 Å². The Hall–Kier alpha value is -5.00. The Labute approximate surface area is 204 Å². The van der Waals surface area contributed by atoms with Crippen molar-refractivity contribution in [2.45, 2.75) is 19.8 Å². The Morgan fingerprint density at radius 3 is 2.22 bits per heavy atom. The van der Waals surface area contributed by atoms with Gasteiger partial charge < -0.3 is 25.6 Å². The molecule has 0 saturated carbocycles. The summed E-state index contributed by atoms with van der Waals surface area (Å²) >= 11 is 0. The highest BCUT2D eigenvalue weighted by Gasteiger charge is 2.37. The van der Waals surface area contributed by atoms with E-state index >= 15 is 0 Å². The zero-order chi connectivity index (χ0) is 26.6. The molecule has 186 valence electrons. The number of ether oxygens (including phenoxy) is 1. The summed E-state index contributed by atoms with van der Waals surface area (Å²) in [6, 6.07) is 10.7. The van der Waals surface area contributed by atoms with E-state index in [1.165, 1.54) is 62.4 Å². The van der Waals surface area contributed by atoms with Crippen LogP contribution >= 0.6 is 0 Å². The van der Waals surface area contributed by atoms with Gasteiger partial charge in [-0.25, -0.2) is 14.4 Å². The summed E-state index contributed by atoms with van der Waals surface area (Å²) in [5.41, 5.74) is -0.290. The van der Waals surface area contributed by atoms with Crippen LogP contribution in [0.5, 0.6) is 0 Å². The first kappa shape index (κ1) is 25.6. The van der Waals surface area contributed by atoms with Crippen LogP contribution in [0.3, 0.4) is 0 Å². The van der Waals surface area contributed by atoms with Crippen molar-refractivity contribution in [3.05, 3.63) is 97.9 Å². The number of amides is 1. The molecule has 0 aliphatic carbocycles. The van der Waals surface area contributed by atoms with Crippen molar-refractivity contribution in [2.75, 3.05) is 6.73 Å². The number of carboxylic acid groups (broad SMARTS) is 2. The number of hydrogen-bond donors (Lipinski definition) is 4. The van der Waals surface area contributed by atoms with Crippen LogP contribution in [0.25, 0.3) is 0 Å². The molecule has 1 amide bonds. The summed E-state index contributed by atoms with van der Waals surface area (Å²) in [5.74, 6) is -5.62. The minimum Gasteiger partial charge on any atom is -0.478 e. The molecule has 0 spiro atoms. The second kappa shape index (κ2) is 10.5. The molecule has 1 aliphatic heterocycles. The zero-order valence-corrected chi connectivity index (χ0v) is 19.1. The van der Waals surface area contributed by atoms with E-state index in [1.54, 1.807) is 0 Å². The molecule has 0 fully saturated rings. The highest BCUT2D eigenvalue weighted by Crippen LogP contribution is 2.39. The molecule has 0 bridgehead atoms. The first-order chi connectivity index (χ1) is 17.0. The maximum atomic E-state index is 13.1. The quantitative estimate of drug-likeness (QED) is 0.183. The fraction of sp³-hybridized carbons (Fsp3) is 0.167. The molecule has 2 aromatic carbocycles. The van der Waals surface area contributed by atoms with Gasteiger partial charge in [0.25, 0.3) is 11.6 Å². The summed E-state index contributed by atoms with van der Waals surface area (Å²) in [7, 11) is 0. The fourth-order valence-electron chi connectivity index (χ4n) is 3.91. The average molecular weight is 495 g/mol. The predicted molar refractivity (Wildman–Crippen MR) is 124 cm³/mol. The third-order valence-corrected chi connectivity index (χ3v) is 5.46. The predicted octanol–water partition coefficient (Wildman–Crippen LogP) is 2.54. The number of nitro groups is 1. The molecule has 36 heavy (non-hydrogen) atoms. The van der Waals surface area contributed by atoms with Gasteiger partial charge in [-0.2, -0.15) is 0 Å². The van der Waals surface area contributed by atoms with Crippen LogP contribution in [0, 0.1) is 10.1 Å². The number of hydrogen-bond acceptors (Lipinski definition) is 8. The lowest BCUT2D eigenvalue weighted by atomic mass is 9.80. The molecular formula is C24H21N3O9. The molecule has 0 saturated heterocycles. The van der Waals surface area contributed by atoms with Crippen LogP contribution in [0.4, 0.5) is 5.69 Å². The topological polar surface area (TPSA) is 185 Å². The summed E-state index contributed by atoms with van der Waals surface area (Å²) in [6.07, 6.45) is 0. The van der Waals surface area contributed by atoms with E-state index in [0.29, 0.717) is 0 Å². The van der Waals surface area contributed by atoms with Gasteiger partial charge >= 0.3 is 17.9 Å². The molecule has 0 aromatic heterocycles. The van der Waals surface area contributed by atoms with Crippen molar-refractivity contribution >= 4 is 29.5 Å². The molecule has 12 heteroatoms. The Bertz CT molecular complexity index is 1340. The first-order valence-corrected chi connectivity index (χ1v) is 10.5. The zero-order valence-electron chi connectivity index (χ0n) is 19.1. The summed E-state index contributed by atoms with van der Waals surface area (Å²) < 4.78 is 5.17. The maximum Gasteiger partial charge on any atom is 0.338 e. The minimum absolute atomic E-state index is 0.112. The number of non-ortho nitro benzene ring substituents is 1. The third kappa shape index (κ3) is 5.22. The number of esters is 1. The minimum atomic E-state index is -1.34. The van der Waals surface area contributed by atoms with Gasteiger partial charge in [0.2, 0.25) is 0 Å². The summed E-state index contributed by atoms with van der Waals surface area (Å²) in [5, 5.41) is 35.5. The van der Waals surface area contributed by atoms with Crippen LogP contribution < -0.4 is 10.6 Å². The van der Waals surface area contributed by atoms with E-state index < -0.39 is 41.4 Å². The lowest BCUT2D eigenvalue weighted by Gasteiger charge is -2.29. The molecule has 12 nitrogen and oxygen atoms in total. The first-order valence-electron chi connectivity index (χ1n) is 10.5. The van der Waals surface area contributed by atoms with Crippen LogP contribution in [-0.4, -0.2) is 45.7 Å². The van der Waals surface area contributed by atoms with Crippen LogP contribution in [0.2, 0.25) is 0 Å². The average Bonchev–Trinajstić information content (AvgIpc) is 2.83. The lowest BCUT2D eigenvalue weighted by Crippen LogP contribution is -2.34. The Morgan fingerprint density at radius 1 is 0.972 bits per heavy atom. The smallest absolute Gasteiger partial charge is 0.338 e. The van der Waals surface area contributed by atoms with Crippen molar-refractivity contribution in [3.63, 3.8) is 0 Å². The Kier molecular flexibility index (Phi) is 7.48. The number of carboxylic acids is 2. The van der Waals surface area contributed by atoms with Gasteiger partial charge in [0.15, 0.2) is 6.73 Å². The number of benzene rings is 2. The number of aromatic carboxylic acids is 1. The van der Waals surface area contributed by atoms with Gasteiger partial charge in [-0.3, -0.25) is 14.9 Å². The fourth-order valence-corrected chi connectivity index (χ4v) is 3.91. The SMILES string of the molecule is CC1=C(C(=O)O)[C@@H](c2cccc([N+](=O)[O-])c2)C(C(=O)OCNC(=O)c2ccccc2C(=O)O)=C(C)N1. The Balaban J connectivity index is 1.88. The number of carbonyl (C=O) groups excluding carboxylic acids is 2. The van der Waals surface area contributed by atoms with Gasteiger partial charge in [0, 0.05) is 23.5 Å². The molecule has 1 heterocycles. The number of allylic oxidation sites excluding steroid dienone is 2. The number of nitrogens with one attached hydrogen (secondary N) is 2. The van der Waals surface area contributed by atoms with Gasteiger partial charge in [-0.15, -0.1) is 0 Å². The van der Waals surface area contributed by atoms with Crippen molar-refractivity contribution in [2.24, 2.45) is 0 Å². The third-order valence-electron chi connectivity index (χ3n) is 5.46. The monoisotopic (exact) mass is 495 g/mol. The van der Waals surface area contributed by atoms with Crippen molar-refractivity contribution in [3.8, 4) is 0 Å². The van der Waals surface area contributed by atoms with Crippen molar-refractivity contribution < 1.29 is 39.1 Å². The van der Waals surface area contributed by atoms with Gasteiger partial charge in [-0.1, -0.05) is 24.3 Å². The summed E-state index contributed by atoms with van der Waals surface area (Å²) in [4.78, 5) is 59.5. The second-order valence-electron chi connectivity index (χ2n) is 7.73. The van der Waals surface area contributed by atoms with Gasteiger partial charge in [0.1, 0.15) is 0 Å². The lowest BCUT2D eigenvalue weighted by molar-refractivity contribution is -0.384. The molecule has 0 radical (unpaired) electrons. The highest BCUT2D eigenvalue weighted by molar-refractivity contribution is 6.05. The molecule has 0 unspecified atom stereocenters. The molecular weight excluding hydrogens is 474 g/mol. The summed E-state index contributed by atoms with van der Waals surface area (Å²) in [6.45, 7) is 2.37. The van der Waals surface area contributed by atoms with Crippen LogP contribution in [0.15, 0.2) is 71.1 Å². The van der Waals surface area contributed by atoms with Crippen LogP contribution in [-0.2, 0) is 14.3 Å². The molecule has 2 aromatic rings. The van der Waals surface area contributed by atoms with E-state index in [0.717, 1.165) is 0 Å². The molecule has 1 atom stereocenters. The van der Waals surface area contributed by atoms with Crippen molar-refractivity contribution in [1.82, 2.24) is 10.6 Å². The number of nitrogens with zero attached hydrogens (tertiary/aromatic N) is 1. The molecule has 4 N–H and O–H groups in total. The Morgan fingerprint density at radius 2 is 1.61 bits per heavy atom. The highest BCUT2D eigenvalue weighted by atomic mass is 16.6. The van der Waals surface area contributed by atoms with E-state index in [1.807, 2.05) is 0 Å².